The van der Waals surface area contributed by atoms with Crippen molar-refractivity contribution in [3.63, 3.8) is 0 Å². The van der Waals surface area contributed by atoms with Gasteiger partial charge in [-0.05, 0) is 57.8 Å². The summed E-state index contributed by atoms with van der Waals surface area (Å²) in [7, 11) is 0. The van der Waals surface area contributed by atoms with Gasteiger partial charge >= 0.3 is 0 Å². The molecule has 0 amide bonds. The predicted octanol–water partition coefficient (Wildman–Crippen LogP) is 2.34. The van der Waals surface area contributed by atoms with Crippen molar-refractivity contribution in [1.29, 1.82) is 0 Å². The fourth-order valence-corrected chi connectivity index (χ4v) is 4.18. The normalized spacial score (nSPS) is 20.2. The van der Waals surface area contributed by atoms with Gasteiger partial charge in [-0.25, -0.2) is 0 Å². The molecule has 170 valence electrons. The molecule has 0 saturated carbocycles. The number of piperidine rings is 1. The minimum atomic E-state index is 0.628. The number of morpholine rings is 1. The number of hydrogen-bond acceptors (Lipinski definition) is 5. The standard InChI is InChI=1S/C23H41N5O2/c1-21(28-14-3-2-4-15-28)8-11-25-23(26-12-9-22-7-5-18-30-22)24-10-6-13-27-16-19-29-20-17-27/h5,7,18,21H,2-4,6,8-17,19-20H2,1H3,(H2,24,25,26). The molecule has 7 nitrogen and oxygen atoms in total. The van der Waals surface area contributed by atoms with Gasteiger partial charge in [-0.3, -0.25) is 9.89 Å². The van der Waals surface area contributed by atoms with Crippen molar-refractivity contribution in [2.75, 3.05) is 65.6 Å². The molecule has 2 N–H and O–H groups in total. The Bertz CT molecular complexity index is 580. The van der Waals surface area contributed by atoms with Gasteiger partial charge in [0.25, 0.3) is 0 Å². The number of likely N-dealkylation sites (tertiary alicyclic amines) is 1. The zero-order valence-corrected chi connectivity index (χ0v) is 18.8. The number of nitrogens with zero attached hydrogens (tertiary/aromatic N) is 3. The Morgan fingerprint density at radius 1 is 1.10 bits per heavy atom. The Morgan fingerprint density at radius 3 is 2.67 bits per heavy atom. The second-order valence-electron chi connectivity index (χ2n) is 8.46. The minimum Gasteiger partial charge on any atom is -0.469 e. The van der Waals surface area contributed by atoms with Gasteiger partial charge in [-0.2, -0.15) is 0 Å². The van der Waals surface area contributed by atoms with E-state index in [9.17, 15) is 0 Å². The quantitative estimate of drug-likeness (QED) is 0.326. The first kappa shape index (κ1) is 23.1. The SMILES string of the molecule is CC(CCNC(=NCCCN1CCOCC1)NCCc1ccco1)N1CCCCC1. The lowest BCUT2D eigenvalue weighted by molar-refractivity contribution is 0.0377. The maximum atomic E-state index is 5.44. The number of nitrogens with one attached hydrogen (secondary N) is 2. The highest BCUT2D eigenvalue weighted by atomic mass is 16.5. The molecule has 1 atom stereocenters. The van der Waals surface area contributed by atoms with Crippen LogP contribution in [0.1, 0.15) is 44.8 Å². The van der Waals surface area contributed by atoms with Crippen LogP contribution < -0.4 is 10.6 Å². The maximum absolute atomic E-state index is 5.44. The first-order valence-electron chi connectivity index (χ1n) is 11.9. The summed E-state index contributed by atoms with van der Waals surface area (Å²) in [5.74, 6) is 1.93. The predicted molar refractivity (Wildman–Crippen MR) is 122 cm³/mol. The molecule has 2 aliphatic rings. The summed E-state index contributed by atoms with van der Waals surface area (Å²) in [5, 5.41) is 7.04. The van der Waals surface area contributed by atoms with E-state index in [-0.39, 0.29) is 0 Å². The van der Waals surface area contributed by atoms with Gasteiger partial charge < -0.3 is 24.7 Å². The summed E-state index contributed by atoms with van der Waals surface area (Å²) in [6, 6.07) is 4.59. The van der Waals surface area contributed by atoms with E-state index in [1.807, 2.05) is 12.1 Å². The van der Waals surface area contributed by atoms with Gasteiger partial charge in [0.1, 0.15) is 5.76 Å². The van der Waals surface area contributed by atoms with Crippen molar-refractivity contribution >= 4 is 5.96 Å². The fraction of sp³-hybridized carbons (Fsp3) is 0.783. The number of rotatable bonds is 11. The summed E-state index contributed by atoms with van der Waals surface area (Å²) >= 11 is 0. The van der Waals surface area contributed by atoms with Crippen LogP contribution >= 0.6 is 0 Å². The molecule has 2 fully saturated rings. The number of ether oxygens (including phenoxy) is 1. The topological polar surface area (TPSA) is 65.3 Å². The van der Waals surface area contributed by atoms with Crippen LogP contribution in [-0.4, -0.2) is 87.4 Å². The molecule has 3 rings (SSSR count). The molecule has 1 aromatic heterocycles. The molecule has 2 aliphatic heterocycles. The lowest BCUT2D eigenvalue weighted by atomic mass is 10.1. The van der Waals surface area contributed by atoms with E-state index in [1.165, 1.54) is 32.4 Å². The first-order valence-corrected chi connectivity index (χ1v) is 11.9. The van der Waals surface area contributed by atoms with Crippen LogP contribution in [0.4, 0.5) is 0 Å². The smallest absolute Gasteiger partial charge is 0.191 e. The third-order valence-electron chi connectivity index (χ3n) is 6.12. The molecular formula is C23H41N5O2. The molecule has 30 heavy (non-hydrogen) atoms. The van der Waals surface area contributed by atoms with Crippen LogP contribution in [0, 0.1) is 0 Å². The Balaban J connectivity index is 1.38. The Morgan fingerprint density at radius 2 is 1.90 bits per heavy atom. The van der Waals surface area contributed by atoms with E-state index in [0.29, 0.717) is 6.04 Å². The van der Waals surface area contributed by atoms with Crippen molar-refractivity contribution < 1.29 is 9.15 Å². The van der Waals surface area contributed by atoms with Crippen molar-refractivity contribution in [1.82, 2.24) is 20.4 Å². The van der Waals surface area contributed by atoms with E-state index in [0.717, 1.165) is 83.5 Å². The molecule has 0 aliphatic carbocycles. The molecule has 0 spiro atoms. The average Bonchev–Trinajstić information content (AvgIpc) is 3.31. The highest BCUT2D eigenvalue weighted by Crippen LogP contribution is 2.13. The van der Waals surface area contributed by atoms with E-state index in [2.05, 4.69) is 27.4 Å². The Kier molecular flexibility index (Phi) is 10.5. The zero-order valence-electron chi connectivity index (χ0n) is 18.8. The lowest BCUT2D eigenvalue weighted by Gasteiger charge is -2.32. The van der Waals surface area contributed by atoms with Crippen molar-refractivity contribution in [2.45, 2.75) is 51.5 Å². The molecule has 0 aromatic carbocycles. The van der Waals surface area contributed by atoms with Crippen molar-refractivity contribution in [3.05, 3.63) is 24.2 Å². The van der Waals surface area contributed by atoms with Crippen molar-refractivity contribution in [3.8, 4) is 0 Å². The van der Waals surface area contributed by atoms with Gasteiger partial charge in [0, 0.05) is 51.7 Å². The summed E-state index contributed by atoms with van der Waals surface area (Å²) in [5.41, 5.74) is 0. The average molecular weight is 420 g/mol. The van der Waals surface area contributed by atoms with Crippen LogP contribution in [0.5, 0.6) is 0 Å². The van der Waals surface area contributed by atoms with Crippen LogP contribution in [0.15, 0.2) is 27.8 Å². The van der Waals surface area contributed by atoms with Gasteiger partial charge in [-0.1, -0.05) is 6.42 Å². The van der Waals surface area contributed by atoms with Crippen LogP contribution in [-0.2, 0) is 11.2 Å². The highest BCUT2D eigenvalue weighted by Gasteiger charge is 2.16. The first-order chi connectivity index (χ1) is 14.8. The van der Waals surface area contributed by atoms with Crippen LogP contribution in [0.25, 0.3) is 0 Å². The molecule has 3 heterocycles. The molecular weight excluding hydrogens is 378 g/mol. The van der Waals surface area contributed by atoms with E-state index < -0.39 is 0 Å². The van der Waals surface area contributed by atoms with Gasteiger partial charge in [-0.15, -0.1) is 0 Å². The lowest BCUT2D eigenvalue weighted by Crippen LogP contribution is -2.43. The molecule has 7 heteroatoms. The Labute approximate surface area is 182 Å². The number of hydrogen-bond donors (Lipinski definition) is 2. The van der Waals surface area contributed by atoms with E-state index in [1.54, 1.807) is 6.26 Å². The summed E-state index contributed by atoms with van der Waals surface area (Å²) in [4.78, 5) is 9.93. The maximum Gasteiger partial charge on any atom is 0.191 e. The highest BCUT2D eigenvalue weighted by molar-refractivity contribution is 5.79. The van der Waals surface area contributed by atoms with Gasteiger partial charge in [0.15, 0.2) is 5.96 Å². The number of guanidine groups is 1. The largest absolute Gasteiger partial charge is 0.469 e. The Hall–Kier alpha value is -1.57. The van der Waals surface area contributed by atoms with E-state index >= 15 is 0 Å². The molecule has 1 unspecified atom stereocenters. The second kappa shape index (κ2) is 13.7. The summed E-state index contributed by atoms with van der Waals surface area (Å²) < 4.78 is 10.9. The molecule has 2 saturated heterocycles. The third-order valence-corrected chi connectivity index (χ3v) is 6.12. The summed E-state index contributed by atoms with van der Waals surface area (Å²) in [6.07, 6.45) is 8.91. The van der Waals surface area contributed by atoms with Crippen LogP contribution in [0.2, 0.25) is 0 Å². The second-order valence-corrected chi connectivity index (χ2v) is 8.46. The van der Waals surface area contributed by atoms with Gasteiger partial charge in [0.2, 0.25) is 0 Å². The molecule has 0 bridgehead atoms. The van der Waals surface area contributed by atoms with Crippen molar-refractivity contribution in [2.24, 2.45) is 4.99 Å². The minimum absolute atomic E-state index is 0.628. The number of aliphatic imine (C=N–C) groups is 1. The molecule has 0 radical (unpaired) electrons. The van der Waals surface area contributed by atoms with Gasteiger partial charge in [0.05, 0.1) is 19.5 Å². The van der Waals surface area contributed by atoms with E-state index in [4.69, 9.17) is 14.1 Å². The molecule has 1 aromatic rings. The number of furan rings is 1. The zero-order chi connectivity index (χ0) is 20.9. The fourth-order valence-electron chi connectivity index (χ4n) is 4.18. The monoisotopic (exact) mass is 419 g/mol. The summed E-state index contributed by atoms with van der Waals surface area (Å²) in [6.45, 7) is 12.4. The third kappa shape index (κ3) is 8.66. The van der Waals surface area contributed by atoms with Crippen LogP contribution in [0.3, 0.4) is 0 Å².